The number of hydrogen-bond acceptors (Lipinski definition) is 4. The number of rotatable bonds is 3. The zero-order valence-electron chi connectivity index (χ0n) is 15.8. The molecule has 142 valence electrons. The number of aromatic nitrogens is 2. The smallest absolute Gasteiger partial charge is 0.272 e. The van der Waals surface area contributed by atoms with Gasteiger partial charge in [0.25, 0.3) is 5.91 Å². The summed E-state index contributed by atoms with van der Waals surface area (Å²) in [5.74, 6) is -0.0297. The Kier molecular flexibility index (Phi) is 4.37. The molecule has 2 aliphatic rings. The number of aryl methyl sites for hydroxylation is 2. The summed E-state index contributed by atoms with van der Waals surface area (Å²) >= 11 is 0. The number of nitrogens with one attached hydrogen (secondary N) is 2. The highest BCUT2D eigenvalue weighted by molar-refractivity contribution is 6.06. The van der Waals surface area contributed by atoms with Crippen molar-refractivity contribution in [3.63, 3.8) is 0 Å². The van der Waals surface area contributed by atoms with Crippen LogP contribution >= 0.6 is 0 Å². The number of amides is 2. The summed E-state index contributed by atoms with van der Waals surface area (Å²) in [6, 6.07) is 9.60. The first-order chi connectivity index (χ1) is 13.0. The fourth-order valence-electron chi connectivity index (χ4n) is 3.97. The van der Waals surface area contributed by atoms with Gasteiger partial charge in [0.15, 0.2) is 0 Å². The predicted octanol–water partition coefficient (Wildman–Crippen LogP) is 2.41. The van der Waals surface area contributed by atoms with Crippen LogP contribution in [0.4, 0.5) is 11.4 Å². The van der Waals surface area contributed by atoms with Crippen LogP contribution in [0.5, 0.6) is 0 Å². The van der Waals surface area contributed by atoms with Gasteiger partial charge in [0.05, 0.1) is 17.1 Å². The molecule has 1 aromatic carbocycles. The van der Waals surface area contributed by atoms with E-state index in [0.717, 1.165) is 29.9 Å². The maximum Gasteiger partial charge on any atom is 0.272 e. The average molecular weight is 367 g/mol. The Balaban J connectivity index is 1.47. The summed E-state index contributed by atoms with van der Waals surface area (Å²) in [5, 5.41) is 10.9. The van der Waals surface area contributed by atoms with Crippen LogP contribution in [-0.2, 0) is 18.3 Å². The van der Waals surface area contributed by atoms with Crippen molar-refractivity contribution < 1.29 is 9.59 Å². The topological polar surface area (TPSA) is 79.3 Å². The number of carbonyl (C=O) groups is 2. The van der Waals surface area contributed by atoms with Crippen LogP contribution in [0.2, 0.25) is 0 Å². The first kappa shape index (κ1) is 17.6. The van der Waals surface area contributed by atoms with Crippen molar-refractivity contribution in [2.24, 2.45) is 7.05 Å². The summed E-state index contributed by atoms with van der Waals surface area (Å²) in [7, 11) is 1.81. The molecule has 1 aromatic heterocycles. The molecular formula is C20H25N5O2. The summed E-state index contributed by atoms with van der Waals surface area (Å²) in [4.78, 5) is 27.5. The Labute approximate surface area is 158 Å². The fourth-order valence-corrected chi connectivity index (χ4v) is 3.97. The zero-order valence-corrected chi connectivity index (χ0v) is 15.8. The molecule has 0 bridgehead atoms. The Hall–Kier alpha value is -2.83. The van der Waals surface area contributed by atoms with Gasteiger partial charge in [-0.1, -0.05) is 25.5 Å². The van der Waals surface area contributed by atoms with Crippen molar-refractivity contribution in [2.75, 3.05) is 23.7 Å². The summed E-state index contributed by atoms with van der Waals surface area (Å²) < 4.78 is 1.67. The monoisotopic (exact) mass is 367 g/mol. The van der Waals surface area contributed by atoms with Gasteiger partial charge in [-0.15, -0.1) is 0 Å². The van der Waals surface area contributed by atoms with Crippen LogP contribution in [0.1, 0.15) is 42.4 Å². The molecule has 4 rings (SSSR count). The standard InChI is InChI=1S/C20H25N5O2/c1-3-6-14-13-17(24(2)23-14)18(26)25-11-9-20(10-12-25)19(27)21-15-7-4-5-8-16(15)22-20/h4-5,7-8,13,22H,3,6,9-12H2,1-2H3,(H,21,27). The molecular weight excluding hydrogens is 342 g/mol. The molecule has 27 heavy (non-hydrogen) atoms. The maximum absolute atomic E-state index is 12.9. The molecule has 0 atom stereocenters. The molecule has 7 heteroatoms. The number of hydrogen-bond donors (Lipinski definition) is 2. The van der Waals surface area contributed by atoms with Gasteiger partial charge in [-0.05, 0) is 37.5 Å². The van der Waals surface area contributed by atoms with E-state index < -0.39 is 5.54 Å². The molecule has 1 spiro atoms. The molecule has 7 nitrogen and oxygen atoms in total. The molecule has 1 saturated heterocycles. The van der Waals surface area contributed by atoms with Crippen molar-refractivity contribution >= 4 is 23.2 Å². The summed E-state index contributed by atoms with van der Waals surface area (Å²) in [6.07, 6.45) is 3.03. The number of fused-ring (bicyclic) bond motifs is 1. The molecule has 0 aliphatic carbocycles. The van der Waals surface area contributed by atoms with E-state index in [1.54, 1.807) is 4.68 Å². The second-order valence-electron chi connectivity index (χ2n) is 7.39. The third kappa shape index (κ3) is 3.07. The van der Waals surface area contributed by atoms with Gasteiger partial charge in [0.1, 0.15) is 11.2 Å². The summed E-state index contributed by atoms with van der Waals surface area (Å²) in [6.45, 7) is 3.17. The normalized spacial score (nSPS) is 18.0. The van der Waals surface area contributed by atoms with Gasteiger partial charge in [0.2, 0.25) is 5.91 Å². The fraction of sp³-hybridized carbons (Fsp3) is 0.450. The minimum Gasteiger partial charge on any atom is -0.369 e. The van der Waals surface area contributed by atoms with Crippen LogP contribution < -0.4 is 10.6 Å². The van der Waals surface area contributed by atoms with E-state index in [4.69, 9.17) is 0 Å². The lowest BCUT2D eigenvalue weighted by Crippen LogP contribution is -2.59. The number of nitrogens with zero attached hydrogens (tertiary/aromatic N) is 3. The highest BCUT2D eigenvalue weighted by Crippen LogP contribution is 2.36. The number of carbonyl (C=O) groups excluding carboxylic acids is 2. The van der Waals surface area contributed by atoms with Crippen LogP contribution in [0, 0.1) is 0 Å². The summed E-state index contributed by atoms with van der Waals surface area (Å²) in [5.41, 5.74) is 2.66. The van der Waals surface area contributed by atoms with Crippen molar-refractivity contribution in [2.45, 2.75) is 38.1 Å². The third-order valence-corrected chi connectivity index (χ3v) is 5.54. The molecule has 0 saturated carbocycles. The van der Waals surface area contributed by atoms with E-state index in [2.05, 4.69) is 22.7 Å². The van der Waals surface area contributed by atoms with E-state index in [0.29, 0.717) is 31.6 Å². The van der Waals surface area contributed by atoms with Crippen LogP contribution in [0.15, 0.2) is 30.3 Å². The first-order valence-electron chi connectivity index (χ1n) is 9.53. The minimum atomic E-state index is -0.648. The SMILES string of the molecule is CCCc1cc(C(=O)N2CCC3(CC2)Nc2ccccc2NC3=O)n(C)n1. The highest BCUT2D eigenvalue weighted by atomic mass is 16.2. The number of piperidine rings is 1. The minimum absolute atomic E-state index is 0.0148. The Bertz CT molecular complexity index is 880. The van der Waals surface area contributed by atoms with Gasteiger partial charge in [0, 0.05) is 20.1 Å². The van der Waals surface area contributed by atoms with E-state index >= 15 is 0 Å². The van der Waals surface area contributed by atoms with E-state index in [1.807, 2.05) is 42.3 Å². The molecule has 3 heterocycles. The Morgan fingerprint density at radius 1 is 1.22 bits per heavy atom. The number of benzene rings is 1. The lowest BCUT2D eigenvalue weighted by Gasteiger charge is -2.44. The van der Waals surface area contributed by atoms with Crippen molar-refractivity contribution in [3.8, 4) is 0 Å². The quantitative estimate of drug-likeness (QED) is 0.873. The third-order valence-electron chi connectivity index (χ3n) is 5.54. The molecule has 0 radical (unpaired) electrons. The van der Waals surface area contributed by atoms with Crippen LogP contribution in [0.3, 0.4) is 0 Å². The molecule has 2 aromatic rings. The molecule has 2 aliphatic heterocycles. The molecule has 0 unspecified atom stereocenters. The van der Waals surface area contributed by atoms with Gasteiger partial charge in [-0.2, -0.15) is 5.10 Å². The lowest BCUT2D eigenvalue weighted by molar-refractivity contribution is -0.122. The van der Waals surface area contributed by atoms with Gasteiger partial charge < -0.3 is 15.5 Å². The van der Waals surface area contributed by atoms with Gasteiger partial charge in [-0.25, -0.2) is 0 Å². The van der Waals surface area contributed by atoms with Crippen molar-refractivity contribution in [1.82, 2.24) is 14.7 Å². The predicted molar refractivity (Wildman–Crippen MR) is 104 cm³/mol. The molecule has 1 fully saturated rings. The maximum atomic E-state index is 12.9. The number of para-hydroxylation sites is 2. The zero-order chi connectivity index (χ0) is 19.0. The van der Waals surface area contributed by atoms with E-state index in [9.17, 15) is 9.59 Å². The van der Waals surface area contributed by atoms with Crippen molar-refractivity contribution in [3.05, 3.63) is 41.7 Å². The Morgan fingerprint density at radius 3 is 2.63 bits per heavy atom. The largest absolute Gasteiger partial charge is 0.369 e. The van der Waals surface area contributed by atoms with Gasteiger partial charge >= 0.3 is 0 Å². The average Bonchev–Trinajstić information content (AvgIpc) is 3.03. The molecule has 2 amide bonds. The first-order valence-corrected chi connectivity index (χ1v) is 9.53. The van der Waals surface area contributed by atoms with Crippen LogP contribution in [-0.4, -0.2) is 45.1 Å². The van der Waals surface area contributed by atoms with Crippen LogP contribution in [0.25, 0.3) is 0 Å². The highest BCUT2D eigenvalue weighted by Gasteiger charge is 2.45. The molecule has 2 N–H and O–H groups in total. The van der Waals surface area contributed by atoms with E-state index in [-0.39, 0.29) is 11.8 Å². The van der Waals surface area contributed by atoms with Crippen molar-refractivity contribution in [1.29, 1.82) is 0 Å². The van der Waals surface area contributed by atoms with E-state index in [1.165, 1.54) is 0 Å². The number of likely N-dealkylation sites (tertiary alicyclic amines) is 1. The Morgan fingerprint density at radius 2 is 1.93 bits per heavy atom. The second kappa shape index (κ2) is 6.72. The second-order valence-corrected chi connectivity index (χ2v) is 7.39. The van der Waals surface area contributed by atoms with Gasteiger partial charge in [-0.3, -0.25) is 14.3 Å². The number of anilines is 2. The lowest BCUT2D eigenvalue weighted by atomic mass is 9.84.